The molecule has 3 aliphatic carbocycles. The van der Waals surface area contributed by atoms with Gasteiger partial charge in [0.05, 0.1) is 7.11 Å². The Bertz CT molecular complexity index is 1730. The van der Waals surface area contributed by atoms with Crippen molar-refractivity contribution in [1.29, 1.82) is 0 Å². The molecule has 8 rings (SSSR count). The highest BCUT2D eigenvalue weighted by Crippen LogP contribution is 2.59. The Morgan fingerprint density at radius 1 is 0.535 bits per heavy atom. The summed E-state index contributed by atoms with van der Waals surface area (Å²) in [5, 5.41) is 3.12. The quantitative estimate of drug-likeness (QED) is 0.132. The summed E-state index contributed by atoms with van der Waals surface area (Å²) >= 11 is 0. The molecule has 0 saturated heterocycles. The highest BCUT2D eigenvalue weighted by Gasteiger charge is 2.53. The van der Waals surface area contributed by atoms with Gasteiger partial charge in [-0.2, -0.15) is 0 Å². The van der Waals surface area contributed by atoms with Crippen LogP contribution in [0.5, 0.6) is 0 Å². The molecule has 2 atom stereocenters. The largest absolute Gasteiger partial charge is 0.465 e. The van der Waals surface area contributed by atoms with Crippen molar-refractivity contribution in [2.24, 2.45) is 11.8 Å². The summed E-state index contributed by atoms with van der Waals surface area (Å²) in [4.78, 5) is 29.9. The summed E-state index contributed by atoms with van der Waals surface area (Å²) in [6.07, 6.45) is 0. The van der Waals surface area contributed by atoms with Crippen LogP contribution in [0.15, 0.2) is 140 Å². The second kappa shape index (κ2) is 11.0. The minimum Gasteiger partial charge on any atom is -0.465 e. The molecule has 0 fully saturated rings. The number of carbonyl (C=O) groups is 2. The third kappa shape index (κ3) is 4.10. The lowest BCUT2D eigenvalue weighted by atomic mass is 9.53. The molecule has 4 heteroatoms. The van der Waals surface area contributed by atoms with E-state index < -0.39 is 18.8 Å². The number of carbonyl (C=O) groups excluding carboxylic acids is 2. The van der Waals surface area contributed by atoms with Crippen molar-refractivity contribution in [3.63, 3.8) is 0 Å². The molecule has 2 unspecified atom stereocenters. The van der Waals surface area contributed by atoms with Crippen LogP contribution in [0.4, 0.5) is 0 Å². The van der Waals surface area contributed by atoms with Gasteiger partial charge in [-0.05, 0) is 51.0 Å². The van der Waals surface area contributed by atoms with Gasteiger partial charge in [0.1, 0.15) is 5.29 Å². The van der Waals surface area contributed by atoms with Crippen LogP contribution < -0.4 is 15.9 Å². The Morgan fingerprint density at radius 3 is 1.26 bits per heavy atom. The van der Waals surface area contributed by atoms with Crippen molar-refractivity contribution in [2.45, 2.75) is 18.8 Å². The van der Waals surface area contributed by atoms with Gasteiger partial charge in [0.25, 0.3) is 0 Å². The second-order valence-corrected chi connectivity index (χ2v) is 14.8. The standard InChI is InChI=1S/C39H33O3P/c1-26-34-30-22-12-14-24-32(30)36(33-25-15-13-23-31(33)34)35(26)37(40)38(39(41)42-2)43(27-16-6-3-7-17-27,28-18-8-4-9-19-28)29-20-10-5-11-21-29/h3-26,34-36H,1-2H3. The molecule has 0 spiro atoms. The van der Waals surface area contributed by atoms with Crippen molar-refractivity contribution in [2.75, 3.05) is 7.11 Å². The van der Waals surface area contributed by atoms with Crippen LogP contribution in [0.2, 0.25) is 0 Å². The zero-order valence-electron chi connectivity index (χ0n) is 24.3. The molecule has 212 valence electrons. The Morgan fingerprint density at radius 2 is 0.884 bits per heavy atom. The smallest absolute Gasteiger partial charge is 0.342 e. The number of ketones is 1. The average molecular weight is 581 g/mol. The van der Waals surface area contributed by atoms with Gasteiger partial charge < -0.3 is 4.74 Å². The van der Waals surface area contributed by atoms with Crippen LogP contribution in [0.1, 0.15) is 41.0 Å². The van der Waals surface area contributed by atoms with Crippen molar-refractivity contribution >= 4 is 39.8 Å². The summed E-state index contributed by atoms with van der Waals surface area (Å²) in [5.74, 6) is -1.16. The number of Topliss-reactive ketones (excluding diaryl/α,β-unsaturated/α-hetero) is 1. The van der Waals surface area contributed by atoms with Crippen LogP contribution in [-0.4, -0.2) is 24.2 Å². The lowest BCUT2D eigenvalue weighted by molar-refractivity contribution is -0.133. The first-order chi connectivity index (χ1) is 21.1. The predicted molar refractivity (Wildman–Crippen MR) is 176 cm³/mol. The van der Waals surface area contributed by atoms with Gasteiger partial charge in [-0.1, -0.05) is 146 Å². The number of methoxy groups -OCH3 is 1. The maximum Gasteiger partial charge on any atom is 0.342 e. The number of ether oxygens (including phenoxy) is 1. The Hall–Kier alpha value is -4.46. The number of rotatable bonds is 6. The van der Waals surface area contributed by atoms with Crippen molar-refractivity contribution in [3.05, 3.63) is 162 Å². The van der Waals surface area contributed by atoms with E-state index in [0.717, 1.165) is 15.9 Å². The molecule has 0 N–H and O–H groups in total. The Labute approximate surface area is 253 Å². The molecular formula is C39H33O3P. The molecule has 3 aliphatic rings. The highest BCUT2D eigenvalue weighted by molar-refractivity contribution is 7.97. The monoisotopic (exact) mass is 580 g/mol. The van der Waals surface area contributed by atoms with E-state index in [4.69, 9.17) is 4.74 Å². The van der Waals surface area contributed by atoms with Crippen LogP contribution in [-0.2, 0) is 14.3 Å². The fourth-order valence-corrected chi connectivity index (χ4v) is 12.2. The van der Waals surface area contributed by atoms with Gasteiger partial charge in [-0.25, -0.2) is 4.79 Å². The number of hydrogen-bond donors (Lipinski definition) is 0. The van der Waals surface area contributed by atoms with Gasteiger partial charge in [-0.15, -0.1) is 0 Å². The third-order valence-electron chi connectivity index (χ3n) is 9.46. The minimum absolute atomic E-state index is 0.00817. The lowest BCUT2D eigenvalue weighted by Crippen LogP contribution is -2.48. The van der Waals surface area contributed by atoms with Gasteiger partial charge in [0.2, 0.25) is 0 Å². The van der Waals surface area contributed by atoms with E-state index in [0.29, 0.717) is 0 Å². The number of hydrogen-bond acceptors (Lipinski definition) is 3. The first kappa shape index (κ1) is 27.4. The van der Waals surface area contributed by atoms with Gasteiger partial charge in [0, 0.05) is 17.8 Å². The van der Waals surface area contributed by atoms with Crippen molar-refractivity contribution in [1.82, 2.24) is 0 Å². The molecule has 0 radical (unpaired) electrons. The van der Waals surface area contributed by atoms with Crippen LogP contribution in [0.3, 0.4) is 0 Å². The van der Waals surface area contributed by atoms with Crippen molar-refractivity contribution in [3.8, 4) is 0 Å². The molecule has 0 saturated carbocycles. The molecule has 5 aromatic rings. The van der Waals surface area contributed by atoms with E-state index in [2.05, 4.69) is 91.9 Å². The molecule has 0 heterocycles. The average Bonchev–Trinajstić information content (AvgIpc) is 3.07. The molecule has 0 aliphatic heterocycles. The fraction of sp³-hybridized carbons (Fsp3) is 0.154. The topological polar surface area (TPSA) is 43.4 Å². The number of esters is 1. The molecule has 0 aromatic heterocycles. The predicted octanol–water partition coefficient (Wildman–Crippen LogP) is 6.44. The van der Waals surface area contributed by atoms with Crippen molar-refractivity contribution < 1.29 is 14.3 Å². The zero-order chi connectivity index (χ0) is 29.6. The molecular weight excluding hydrogens is 547 g/mol. The SMILES string of the molecule is COC(=O)C(C(=O)C1C2c3ccccc3C(c3ccccc32)C1C)=P(c1ccccc1)(c1ccccc1)c1ccccc1. The van der Waals surface area contributed by atoms with E-state index in [1.165, 1.54) is 29.4 Å². The molecule has 3 nitrogen and oxygen atoms in total. The van der Waals surface area contributed by atoms with Crippen LogP contribution in [0, 0.1) is 11.8 Å². The van der Waals surface area contributed by atoms with E-state index in [1.807, 2.05) is 54.6 Å². The van der Waals surface area contributed by atoms with E-state index in [1.54, 1.807) is 0 Å². The number of benzene rings is 5. The second-order valence-electron chi connectivity index (χ2n) is 11.5. The highest BCUT2D eigenvalue weighted by atomic mass is 31.2. The summed E-state index contributed by atoms with van der Waals surface area (Å²) in [6.45, 7) is -0.795. The zero-order valence-corrected chi connectivity index (χ0v) is 25.2. The first-order valence-corrected chi connectivity index (χ1v) is 16.6. The molecule has 2 bridgehead atoms. The Kier molecular flexibility index (Phi) is 7.00. The summed E-state index contributed by atoms with van der Waals surface area (Å²) in [5.41, 5.74) is 4.96. The molecule has 0 amide bonds. The van der Waals surface area contributed by atoms with E-state index in [-0.39, 0.29) is 28.8 Å². The summed E-state index contributed by atoms with van der Waals surface area (Å²) < 4.78 is 5.58. The maximum atomic E-state index is 15.6. The molecule has 43 heavy (non-hydrogen) atoms. The maximum absolute atomic E-state index is 15.6. The molecule has 5 aromatic carbocycles. The van der Waals surface area contributed by atoms with Gasteiger partial charge in [0.15, 0.2) is 5.78 Å². The number of fused-ring (bicyclic) bond motifs is 1. The fourth-order valence-electron chi connectivity index (χ4n) is 7.79. The third-order valence-corrected chi connectivity index (χ3v) is 13.8. The summed E-state index contributed by atoms with van der Waals surface area (Å²) in [6, 6.07) is 47.3. The summed E-state index contributed by atoms with van der Waals surface area (Å²) in [7, 11) is 1.40. The van der Waals surface area contributed by atoms with Crippen LogP contribution >= 0.6 is 6.89 Å². The van der Waals surface area contributed by atoms with Gasteiger partial charge >= 0.3 is 5.97 Å². The van der Waals surface area contributed by atoms with Gasteiger partial charge in [-0.3, -0.25) is 4.79 Å². The normalized spacial score (nSPS) is 20.0. The lowest BCUT2D eigenvalue weighted by Gasteiger charge is -2.49. The Balaban J connectivity index is 1.60. The van der Waals surface area contributed by atoms with E-state index >= 15 is 4.79 Å². The van der Waals surface area contributed by atoms with Crippen LogP contribution in [0.25, 0.3) is 0 Å². The first-order valence-electron chi connectivity index (χ1n) is 14.8. The minimum atomic E-state index is -2.98. The van der Waals surface area contributed by atoms with E-state index in [9.17, 15) is 4.79 Å².